The second-order valence-corrected chi connectivity index (χ2v) is 7.54. The van der Waals surface area contributed by atoms with Crippen LogP contribution in [0.1, 0.15) is 60.3 Å². The Morgan fingerprint density at radius 1 is 1.32 bits per heavy atom. The molecule has 1 aromatic carbocycles. The maximum atomic E-state index is 12.5. The van der Waals surface area contributed by atoms with Crippen LogP contribution in [0.2, 0.25) is 0 Å². The Morgan fingerprint density at radius 2 is 2.12 bits per heavy atom. The number of carbonyl (C=O) groups excluding carboxylic acids is 1. The van der Waals surface area contributed by atoms with Crippen molar-refractivity contribution in [2.24, 2.45) is 0 Å². The molecule has 25 heavy (non-hydrogen) atoms. The maximum Gasteiger partial charge on any atom is 0.275 e. The summed E-state index contributed by atoms with van der Waals surface area (Å²) in [6.07, 6.45) is 4.43. The number of likely N-dealkylation sites (tertiary alicyclic amines) is 1. The van der Waals surface area contributed by atoms with Gasteiger partial charge in [0.2, 0.25) is 0 Å². The normalized spacial score (nSPS) is 22.0. The van der Waals surface area contributed by atoms with Crippen molar-refractivity contribution in [1.29, 1.82) is 0 Å². The summed E-state index contributed by atoms with van der Waals surface area (Å²) in [5.41, 5.74) is 3.43. The molecular formula is C19H23N3O2S. The summed E-state index contributed by atoms with van der Waals surface area (Å²) in [6.45, 7) is 4.37. The minimum Gasteiger partial charge on any atom is -0.374 e. The zero-order chi connectivity index (χ0) is 17.3. The summed E-state index contributed by atoms with van der Waals surface area (Å²) >= 11 is 1.23. The van der Waals surface area contributed by atoms with Crippen molar-refractivity contribution in [2.75, 3.05) is 19.7 Å². The number of hydrogen-bond acceptors (Lipinski definition) is 5. The molecule has 0 radical (unpaired) electrons. The van der Waals surface area contributed by atoms with Gasteiger partial charge in [0.15, 0.2) is 5.69 Å². The summed E-state index contributed by atoms with van der Waals surface area (Å²) < 4.78 is 9.78. The van der Waals surface area contributed by atoms with E-state index in [2.05, 4.69) is 40.8 Å². The molecule has 1 aliphatic heterocycles. The summed E-state index contributed by atoms with van der Waals surface area (Å²) in [5.74, 6) is 0.0138. The average molecular weight is 357 g/mol. The van der Waals surface area contributed by atoms with Gasteiger partial charge in [0, 0.05) is 25.1 Å². The lowest BCUT2D eigenvalue weighted by molar-refractivity contribution is 0.0291. The van der Waals surface area contributed by atoms with Gasteiger partial charge in [-0.3, -0.25) is 4.79 Å². The third-order valence-corrected chi connectivity index (χ3v) is 6.22. The first kappa shape index (κ1) is 16.7. The number of aromatic nitrogens is 2. The second-order valence-electron chi connectivity index (χ2n) is 6.93. The fourth-order valence-electron chi connectivity index (χ4n) is 4.41. The quantitative estimate of drug-likeness (QED) is 0.842. The van der Waals surface area contributed by atoms with Gasteiger partial charge in [-0.05, 0) is 60.7 Å². The fraction of sp³-hybridized carbons (Fsp3) is 0.526. The molecule has 2 aliphatic rings. The van der Waals surface area contributed by atoms with E-state index in [9.17, 15) is 4.79 Å². The fourth-order valence-corrected chi connectivity index (χ4v) is 4.84. The van der Waals surface area contributed by atoms with E-state index in [1.165, 1.54) is 22.7 Å². The summed E-state index contributed by atoms with van der Waals surface area (Å²) in [6, 6.07) is 8.72. The molecule has 2 aromatic rings. The van der Waals surface area contributed by atoms with Crippen LogP contribution < -0.4 is 0 Å². The minimum absolute atomic E-state index is 0.0138. The molecule has 132 valence electrons. The van der Waals surface area contributed by atoms with Crippen LogP contribution in [0.3, 0.4) is 0 Å². The Hall–Kier alpha value is -1.79. The van der Waals surface area contributed by atoms with Crippen LogP contribution in [0.5, 0.6) is 0 Å². The zero-order valence-electron chi connectivity index (χ0n) is 14.5. The smallest absolute Gasteiger partial charge is 0.275 e. The lowest BCUT2D eigenvalue weighted by Gasteiger charge is -2.47. The standard InChI is InChI=1S/C19H23N3O2S/c1-2-24-17-7-8-19(15-6-4-3-5-14(15)17)9-11-22(12-10-19)18(23)16-13-25-21-20-16/h3-6,13,17H,2,7-12H2,1H3. The van der Waals surface area contributed by atoms with E-state index in [1.54, 1.807) is 5.38 Å². The Labute approximate surface area is 152 Å². The minimum atomic E-state index is 0.0138. The van der Waals surface area contributed by atoms with Crippen molar-refractivity contribution in [3.8, 4) is 0 Å². The molecule has 1 amide bonds. The number of amides is 1. The van der Waals surface area contributed by atoms with E-state index in [4.69, 9.17) is 4.74 Å². The molecule has 1 aliphatic carbocycles. The van der Waals surface area contributed by atoms with E-state index in [0.29, 0.717) is 5.69 Å². The Bertz CT molecular complexity index is 739. The van der Waals surface area contributed by atoms with Crippen LogP contribution in [0.25, 0.3) is 0 Å². The molecule has 1 atom stereocenters. The number of fused-ring (bicyclic) bond motifs is 2. The monoisotopic (exact) mass is 357 g/mol. The Morgan fingerprint density at radius 3 is 2.84 bits per heavy atom. The average Bonchev–Trinajstić information content (AvgIpc) is 3.19. The molecule has 0 saturated carbocycles. The van der Waals surface area contributed by atoms with Crippen LogP contribution >= 0.6 is 11.5 Å². The summed E-state index contributed by atoms with van der Waals surface area (Å²) in [5, 5.41) is 5.65. The van der Waals surface area contributed by atoms with E-state index >= 15 is 0 Å². The molecule has 5 nitrogen and oxygen atoms in total. The summed E-state index contributed by atoms with van der Waals surface area (Å²) in [7, 11) is 0. The highest BCUT2D eigenvalue weighted by atomic mass is 32.1. The van der Waals surface area contributed by atoms with Gasteiger partial charge in [0.05, 0.1) is 6.10 Å². The number of ether oxygens (including phenoxy) is 1. The molecule has 1 saturated heterocycles. The van der Waals surface area contributed by atoms with Crippen molar-refractivity contribution < 1.29 is 9.53 Å². The van der Waals surface area contributed by atoms with Gasteiger partial charge < -0.3 is 9.64 Å². The topological polar surface area (TPSA) is 55.3 Å². The van der Waals surface area contributed by atoms with Gasteiger partial charge in [-0.15, -0.1) is 5.10 Å². The third-order valence-electron chi connectivity index (χ3n) is 5.72. The summed E-state index contributed by atoms with van der Waals surface area (Å²) in [4.78, 5) is 14.5. The predicted octanol–water partition coefficient (Wildman–Crippen LogP) is 3.58. The van der Waals surface area contributed by atoms with E-state index in [-0.39, 0.29) is 17.4 Å². The number of rotatable bonds is 3. The molecule has 6 heteroatoms. The Balaban J connectivity index is 1.54. The van der Waals surface area contributed by atoms with Crippen LogP contribution in [0.4, 0.5) is 0 Å². The lowest BCUT2D eigenvalue weighted by atomic mass is 9.64. The maximum absolute atomic E-state index is 12.5. The molecule has 2 heterocycles. The molecule has 4 rings (SSSR count). The van der Waals surface area contributed by atoms with Gasteiger partial charge in [-0.25, -0.2) is 0 Å². The first-order chi connectivity index (χ1) is 12.2. The van der Waals surface area contributed by atoms with E-state index in [1.807, 2.05) is 4.90 Å². The lowest BCUT2D eigenvalue weighted by Crippen LogP contribution is -2.47. The van der Waals surface area contributed by atoms with Gasteiger partial charge in [0.1, 0.15) is 0 Å². The molecule has 1 spiro atoms. The zero-order valence-corrected chi connectivity index (χ0v) is 15.3. The first-order valence-electron chi connectivity index (χ1n) is 9.01. The highest BCUT2D eigenvalue weighted by molar-refractivity contribution is 7.03. The SMILES string of the molecule is CCOC1CCC2(CCN(C(=O)c3csnn3)CC2)c2ccccc21. The van der Waals surface area contributed by atoms with Crippen molar-refractivity contribution in [3.05, 3.63) is 46.5 Å². The van der Waals surface area contributed by atoms with Crippen molar-refractivity contribution in [2.45, 2.75) is 44.1 Å². The van der Waals surface area contributed by atoms with Gasteiger partial charge >= 0.3 is 0 Å². The predicted molar refractivity (Wildman–Crippen MR) is 96.8 cm³/mol. The molecule has 0 N–H and O–H groups in total. The molecule has 1 aromatic heterocycles. The second kappa shape index (κ2) is 6.84. The van der Waals surface area contributed by atoms with Gasteiger partial charge in [0.25, 0.3) is 5.91 Å². The van der Waals surface area contributed by atoms with Crippen molar-refractivity contribution in [1.82, 2.24) is 14.5 Å². The molecule has 0 bridgehead atoms. The van der Waals surface area contributed by atoms with Gasteiger partial charge in [-0.1, -0.05) is 28.8 Å². The van der Waals surface area contributed by atoms with E-state index in [0.717, 1.165) is 45.4 Å². The number of benzene rings is 1. The van der Waals surface area contributed by atoms with Crippen LogP contribution in [-0.4, -0.2) is 40.1 Å². The highest BCUT2D eigenvalue weighted by Gasteiger charge is 2.42. The molecule has 1 fully saturated rings. The number of piperidine rings is 1. The number of carbonyl (C=O) groups is 1. The van der Waals surface area contributed by atoms with Crippen LogP contribution in [0, 0.1) is 0 Å². The Kier molecular flexibility index (Phi) is 4.56. The van der Waals surface area contributed by atoms with Crippen LogP contribution in [0.15, 0.2) is 29.6 Å². The van der Waals surface area contributed by atoms with Gasteiger partial charge in [-0.2, -0.15) is 0 Å². The van der Waals surface area contributed by atoms with E-state index < -0.39 is 0 Å². The number of nitrogens with zero attached hydrogens (tertiary/aromatic N) is 3. The highest BCUT2D eigenvalue weighted by Crippen LogP contribution is 2.48. The van der Waals surface area contributed by atoms with Crippen molar-refractivity contribution in [3.63, 3.8) is 0 Å². The third kappa shape index (κ3) is 2.98. The largest absolute Gasteiger partial charge is 0.374 e. The molecule has 1 unspecified atom stereocenters. The first-order valence-corrected chi connectivity index (χ1v) is 9.84. The number of hydrogen-bond donors (Lipinski definition) is 0. The van der Waals surface area contributed by atoms with Crippen LogP contribution in [-0.2, 0) is 10.2 Å². The molecular weight excluding hydrogens is 334 g/mol. The van der Waals surface area contributed by atoms with Crippen molar-refractivity contribution >= 4 is 17.4 Å².